The highest BCUT2D eigenvalue weighted by atomic mass is 79.9. The molecule has 0 aliphatic rings. The van der Waals surface area contributed by atoms with Crippen molar-refractivity contribution in [2.24, 2.45) is 12.8 Å². The normalized spacial score (nSPS) is 10.8. The number of ether oxygens (including phenoxy) is 1. The number of hydrogen-bond acceptors (Lipinski definition) is 3. The Morgan fingerprint density at radius 2 is 2.21 bits per heavy atom. The van der Waals surface area contributed by atoms with Crippen LogP contribution in [0.4, 0.5) is 4.39 Å². The maximum Gasteiger partial charge on any atom is 0.165 e. The number of imidazole rings is 1. The highest BCUT2D eigenvalue weighted by molar-refractivity contribution is 9.10. The number of aromatic nitrogens is 2. The van der Waals surface area contributed by atoms with Crippen molar-refractivity contribution in [3.05, 3.63) is 34.4 Å². The van der Waals surface area contributed by atoms with E-state index in [1.807, 2.05) is 11.6 Å². The van der Waals surface area contributed by atoms with E-state index in [-0.39, 0.29) is 5.75 Å². The summed E-state index contributed by atoms with van der Waals surface area (Å²) in [5.41, 5.74) is 6.94. The molecule has 6 heteroatoms. The summed E-state index contributed by atoms with van der Waals surface area (Å²) >= 11 is 3.47. The Bertz CT molecular complexity index is 598. The maximum atomic E-state index is 13.7. The summed E-state index contributed by atoms with van der Waals surface area (Å²) in [6.45, 7) is 0.522. The predicted octanol–water partition coefficient (Wildman–Crippen LogP) is 2.50. The predicted molar refractivity (Wildman–Crippen MR) is 75.6 cm³/mol. The standard InChI is InChI=1S/C13H15BrFN3O/c1-18-11(5-6-16)17-12(13(18)14)8-3-4-10(19-2)9(15)7-8/h3-4,7H,5-6,16H2,1-2H3. The van der Waals surface area contributed by atoms with E-state index in [2.05, 4.69) is 20.9 Å². The molecule has 0 unspecified atom stereocenters. The zero-order valence-corrected chi connectivity index (χ0v) is 12.4. The zero-order valence-electron chi connectivity index (χ0n) is 10.8. The molecule has 0 saturated heterocycles. The third-order valence-electron chi connectivity index (χ3n) is 2.91. The van der Waals surface area contributed by atoms with Gasteiger partial charge >= 0.3 is 0 Å². The van der Waals surface area contributed by atoms with Gasteiger partial charge in [-0.15, -0.1) is 0 Å². The number of halogens is 2. The fraction of sp³-hybridized carbons (Fsp3) is 0.308. The van der Waals surface area contributed by atoms with E-state index in [4.69, 9.17) is 10.5 Å². The molecule has 4 nitrogen and oxygen atoms in total. The molecular weight excluding hydrogens is 313 g/mol. The van der Waals surface area contributed by atoms with Gasteiger partial charge in [0.1, 0.15) is 16.1 Å². The number of hydrogen-bond donors (Lipinski definition) is 1. The molecule has 1 aromatic heterocycles. The van der Waals surface area contributed by atoms with Gasteiger partial charge in [-0.05, 0) is 40.7 Å². The molecule has 2 N–H and O–H groups in total. The van der Waals surface area contributed by atoms with E-state index in [0.717, 1.165) is 10.4 Å². The zero-order chi connectivity index (χ0) is 14.0. The van der Waals surface area contributed by atoms with Gasteiger partial charge in [0.15, 0.2) is 11.6 Å². The lowest BCUT2D eigenvalue weighted by molar-refractivity contribution is 0.386. The van der Waals surface area contributed by atoms with Gasteiger partial charge in [0.2, 0.25) is 0 Å². The summed E-state index contributed by atoms with van der Waals surface area (Å²) in [4.78, 5) is 4.49. The van der Waals surface area contributed by atoms with E-state index >= 15 is 0 Å². The van der Waals surface area contributed by atoms with Crippen molar-refractivity contribution < 1.29 is 9.13 Å². The molecule has 0 saturated carbocycles. The average Bonchev–Trinajstić information content (AvgIpc) is 2.67. The lowest BCUT2D eigenvalue weighted by atomic mass is 10.1. The first-order chi connectivity index (χ1) is 9.08. The summed E-state index contributed by atoms with van der Waals surface area (Å²) in [5.74, 6) is 0.677. The van der Waals surface area contributed by atoms with E-state index < -0.39 is 5.82 Å². The van der Waals surface area contributed by atoms with Crippen LogP contribution in [0.1, 0.15) is 5.82 Å². The first-order valence-electron chi connectivity index (χ1n) is 5.83. The topological polar surface area (TPSA) is 53.1 Å². The Kier molecular flexibility index (Phi) is 4.21. The summed E-state index contributed by atoms with van der Waals surface area (Å²) in [7, 11) is 3.33. The first kappa shape index (κ1) is 14.0. The minimum atomic E-state index is -0.405. The van der Waals surface area contributed by atoms with Crippen LogP contribution >= 0.6 is 15.9 Å². The molecule has 1 aromatic carbocycles. The molecule has 0 atom stereocenters. The maximum absolute atomic E-state index is 13.7. The Morgan fingerprint density at radius 1 is 1.47 bits per heavy atom. The average molecular weight is 328 g/mol. The second kappa shape index (κ2) is 5.71. The largest absolute Gasteiger partial charge is 0.494 e. The van der Waals surface area contributed by atoms with Gasteiger partial charge in [0.05, 0.1) is 7.11 Å². The minimum absolute atomic E-state index is 0.220. The number of nitrogens with two attached hydrogens (primary N) is 1. The second-order valence-corrected chi connectivity index (χ2v) is 4.87. The number of rotatable bonds is 4. The van der Waals surface area contributed by atoms with E-state index in [1.165, 1.54) is 13.2 Å². The van der Waals surface area contributed by atoms with Gasteiger partial charge < -0.3 is 15.0 Å². The number of methoxy groups -OCH3 is 1. The monoisotopic (exact) mass is 327 g/mol. The Labute approximate surface area is 119 Å². The Morgan fingerprint density at radius 3 is 2.79 bits per heavy atom. The summed E-state index contributed by atoms with van der Waals surface area (Å²) in [6, 6.07) is 4.79. The number of benzene rings is 1. The molecule has 19 heavy (non-hydrogen) atoms. The van der Waals surface area contributed by atoms with Crippen LogP contribution in [-0.4, -0.2) is 23.2 Å². The van der Waals surface area contributed by atoms with Crippen molar-refractivity contribution in [1.82, 2.24) is 9.55 Å². The van der Waals surface area contributed by atoms with Crippen molar-refractivity contribution in [2.45, 2.75) is 6.42 Å². The van der Waals surface area contributed by atoms with Gasteiger partial charge in [0.25, 0.3) is 0 Å². The quantitative estimate of drug-likeness (QED) is 0.938. The molecule has 0 amide bonds. The molecule has 0 aliphatic carbocycles. The van der Waals surface area contributed by atoms with Gasteiger partial charge in [-0.25, -0.2) is 9.37 Å². The smallest absolute Gasteiger partial charge is 0.165 e. The van der Waals surface area contributed by atoms with Crippen molar-refractivity contribution >= 4 is 15.9 Å². The number of nitrogens with zero attached hydrogens (tertiary/aromatic N) is 2. The van der Waals surface area contributed by atoms with Gasteiger partial charge in [-0.1, -0.05) is 0 Å². The van der Waals surface area contributed by atoms with Crippen LogP contribution in [0.25, 0.3) is 11.3 Å². The van der Waals surface area contributed by atoms with E-state index in [9.17, 15) is 4.39 Å². The molecule has 0 aliphatic heterocycles. The van der Waals surface area contributed by atoms with Gasteiger partial charge in [-0.3, -0.25) is 0 Å². The third-order valence-corrected chi connectivity index (χ3v) is 3.82. The van der Waals surface area contributed by atoms with Gasteiger partial charge in [-0.2, -0.15) is 0 Å². The van der Waals surface area contributed by atoms with E-state index in [1.54, 1.807) is 12.1 Å². The molecule has 0 spiro atoms. The molecule has 102 valence electrons. The Hall–Kier alpha value is -1.40. The third kappa shape index (κ3) is 2.64. The summed E-state index contributed by atoms with van der Waals surface area (Å²) in [5, 5.41) is 0. The molecule has 0 radical (unpaired) electrons. The van der Waals surface area contributed by atoms with Crippen LogP contribution in [0.5, 0.6) is 5.75 Å². The van der Waals surface area contributed by atoms with Crippen LogP contribution < -0.4 is 10.5 Å². The van der Waals surface area contributed by atoms with Crippen LogP contribution in [0, 0.1) is 5.82 Å². The fourth-order valence-corrected chi connectivity index (χ4v) is 2.39. The van der Waals surface area contributed by atoms with E-state index in [0.29, 0.717) is 24.2 Å². The summed E-state index contributed by atoms with van der Waals surface area (Å²) in [6.07, 6.45) is 0.674. The fourth-order valence-electron chi connectivity index (χ4n) is 1.87. The molecule has 2 aromatic rings. The highest BCUT2D eigenvalue weighted by Gasteiger charge is 2.15. The second-order valence-electron chi connectivity index (χ2n) is 4.11. The van der Waals surface area contributed by atoms with Crippen molar-refractivity contribution in [2.75, 3.05) is 13.7 Å². The molecular formula is C13H15BrFN3O. The first-order valence-corrected chi connectivity index (χ1v) is 6.62. The van der Waals surface area contributed by atoms with Crippen LogP contribution in [0.3, 0.4) is 0 Å². The van der Waals surface area contributed by atoms with Crippen LogP contribution in [0.2, 0.25) is 0 Å². The lowest BCUT2D eigenvalue weighted by Crippen LogP contribution is -2.07. The molecule has 0 bridgehead atoms. The molecule has 0 fully saturated rings. The van der Waals surface area contributed by atoms with Crippen LogP contribution in [0.15, 0.2) is 22.8 Å². The lowest BCUT2D eigenvalue weighted by Gasteiger charge is -2.04. The van der Waals surface area contributed by atoms with Crippen molar-refractivity contribution in [3.63, 3.8) is 0 Å². The van der Waals surface area contributed by atoms with Crippen LogP contribution in [-0.2, 0) is 13.5 Å². The van der Waals surface area contributed by atoms with Gasteiger partial charge in [0, 0.05) is 19.0 Å². The summed E-state index contributed by atoms with van der Waals surface area (Å²) < 4.78 is 21.3. The Balaban J connectivity index is 2.47. The minimum Gasteiger partial charge on any atom is -0.494 e. The molecule has 2 rings (SSSR count). The molecule has 1 heterocycles. The SMILES string of the molecule is COc1ccc(-c2nc(CCN)n(C)c2Br)cc1F. The highest BCUT2D eigenvalue weighted by Crippen LogP contribution is 2.30. The van der Waals surface area contributed by atoms with Crippen molar-refractivity contribution in [3.8, 4) is 17.0 Å². The van der Waals surface area contributed by atoms with Crippen molar-refractivity contribution in [1.29, 1.82) is 0 Å².